The lowest BCUT2D eigenvalue weighted by molar-refractivity contribution is -0.143. The van der Waals surface area contributed by atoms with Crippen molar-refractivity contribution in [2.24, 2.45) is 0 Å². The summed E-state index contributed by atoms with van der Waals surface area (Å²) in [5.41, 5.74) is 3.86. The fourth-order valence-electron chi connectivity index (χ4n) is 7.09. The van der Waals surface area contributed by atoms with Crippen LogP contribution in [-0.2, 0) is 11.2 Å². The number of thiazole rings is 1. The molecule has 13 heteroatoms. The Hall–Kier alpha value is -4.78. The Labute approximate surface area is 269 Å². The van der Waals surface area contributed by atoms with Gasteiger partial charge in [-0.3, -0.25) is 24.3 Å². The first-order valence-corrected chi connectivity index (χ1v) is 16.4. The minimum absolute atomic E-state index is 0.0986. The first-order valence-electron chi connectivity index (χ1n) is 15.5. The Morgan fingerprint density at radius 1 is 0.935 bits per heavy atom. The van der Waals surface area contributed by atoms with Gasteiger partial charge < -0.3 is 24.5 Å². The molecule has 1 N–H and O–H groups in total. The highest BCUT2D eigenvalue weighted by molar-refractivity contribution is 7.11. The minimum Gasteiger partial charge on any atom is -0.488 e. The average molecular weight is 644 g/mol. The molecular weight excluding hydrogens is 610 g/mol. The number of urea groups is 1. The predicted molar refractivity (Wildman–Crippen MR) is 166 cm³/mol. The Balaban J connectivity index is 1.22. The van der Waals surface area contributed by atoms with E-state index in [1.165, 1.54) is 21.1 Å². The molecule has 1 aromatic heterocycles. The number of likely N-dealkylation sites (tertiary alicyclic amines) is 2. The zero-order valence-corrected chi connectivity index (χ0v) is 25.9. The molecule has 3 aromatic rings. The Kier molecular flexibility index (Phi) is 7.93. The van der Waals surface area contributed by atoms with Gasteiger partial charge in [-0.15, -0.1) is 11.3 Å². The summed E-state index contributed by atoms with van der Waals surface area (Å²) in [4.78, 5) is 76.9. The zero-order chi connectivity index (χ0) is 31.9. The summed E-state index contributed by atoms with van der Waals surface area (Å²) >= 11 is 1.29. The van der Waals surface area contributed by atoms with Crippen molar-refractivity contribution >= 4 is 41.1 Å². The van der Waals surface area contributed by atoms with Crippen molar-refractivity contribution in [3.05, 3.63) is 81.3 Å². The average Bonchev–Trinajstić information content (AvgIpc) is 3.83. The number of imide groups is 1. The van der Waals surface area contributed by atoms with Crippen LogP contribution in [-0.4, -0.2) is 104 Å². The molecule has 0 saturated carbocycles. The van der Waals surface area contributed by atoms with Crippen molar-refractivity contribution in [1.82, 2.24) is 24.6 Å². The van der Waals surface area contributed by atoms with Crippen LogP contribution in [0.15, 0.2) is 54.2 Å². The summed E-state index contributed by atoms with van der Waals surface area (Å²) in [6, 6.07) is 10.1. The quantitative estimate of drug-likeness (QED) is 0.401. The Bertz CT molecular complexity index is 1680. The zero-order valence-electron chi connectivity index (χ0n) is 25.0. The fraction of sp³-hybridized carbons (Fsp3) is 0.394. The van der Waals surface area contributed by atoms with Gasteiger partial charge in [-0.1, -0.05) is 24.3 Å². The van der Waals surface area contributed by atoms with Gasteiger partial charge in [0.25, 0.3) is 17.7 Å². The minimum atomic E-state index is -1.05. The van der Waals surface area contributed by atoms with Crippen LogP contribution < -0.4 is 4.74 Å². The number of hydrogen-bond donors (Lipinski definition) is 1. The lowest BCUT2D eigenvalue weighted by atomic mass is 9.91. The first-order chi connectivity index (χ1) is 22.3. The first kappa shape index (κ1) is 29.9. The van der Waals surface area contributed by atoms with Crippen LogP contribution in [0.1, 0.15) is 73.2 Å². The molecule has 7 rings (SSSR count). The second-order valence-electron chi connectivity index (χ2n) is 12.0. The molecule has 3 atom stereocenters. The standard InChI is InChI=1S/C33H33N5O7S/c39-29-22-7-1-2-8-23(22)30(40)38(29)18-25-28-20(11-15-37(25)33(44)36-13-4-3-9-24(36)32(42)43)6-5-10-26(28)45-21-12-14-35(17-21)31(41)27-16-34-19-46-27/h1-2,5-8,10,16,19,21,24-25H,3-4,9,11-15,17-18H2,(H,42,43)/t21-,24+,25+/m0/s1. The van der Waals surface area contributed by atoms with Gasteiger partial charge in [0.15, 0.2) is 0 Å². The fourth-order valence-corrected chi connectivity index (χ4v) is 7.67. The van der Waals surface area contributed by atoms with Crippen LogP contribution in [0.3, 0.4) is 0 Å². The highest BCUT2D eigenvalue weighted by Gasteiger charge is 2.44. The number of carbonyl (C=O) groups is 5. The van der Waals surface area contributed by atoms with Gasteiger partial charge in [0, 0.05) is 31.6 Å². The molecule has 2 aromatic carbocycles. The number of carbonyl (C=O) groups excluding carboxylic acids is 4. The van der Waals surface area contributed by atoms with Crippen LogP contribution in [0.2, 0.25) is 0 Å². The number of carboxylic acids is 1. The van der Waals surface area contributed by atoms with Crippen molar-refractivity contribution < 1.29 is 33.8 Å². The number of nitrogens with zero attached hydrogens (tertiary/aromatic N) is 5. The van der Waals surface area contributed by atoms with Crippen molar-refractivity contribution in [3.63, 3.8) is 0 Å². The van der Waals surface area contributed by atoms with E-state index >= 15 is 0 Å². The van der Waals surface area contributed by atoms with Gasteiger partial charge in [-0.05, 0) is 49.4 Å². The van der Waals surface area contributed by atoms with Crippen molar-refractivity contribution in [3.8, 4) is 5.75 Å². The van der Waals surface area contributed by atoms with Gasteiger partial charge in [0.1, 0.15) is 22.8 Å². The topological polar surface area (TPSA) is 141 Å². The van der Waals surface area contributed by atoms with E-state index in [-0.39, 0.29) is 25.1 Å². The number of benzene rings is 2. The number of aromatic nitrogens is 1. The molecule has 2 saturated heterocycles. The molecular formula is C33H33N5O7S. The van der Waals surface area contributed by atoms with E-state index in [0.29, 0.717) is 79.1 Å². The van der Waals surface area contributed by atoms with E-state index in [2.05, 4.69) is 4.98 Å². The van der Waals surface area contributed by atoms with E-state index in [9.17, 15) is 29.1 Å². The van der Waals surface area contributed by atoms with E-state index in [0.717, 1.165) is 5.56 Å². The lowest BCUT2D eigenvalue weighted by Crippen LogP contribution is -2.56. The van der Waals surface area contributed by atoms with Gasteiger partial charge in [0.2, 0.25) is 0 Å². The molecule has 5 heterocycles. The van der Waals surface area contributed by atoms with Crippen molar-refractivity contribution in [1.29, 1.82) is 0 Å². The molecule has 0 radical (unpaired) electrons. The number of fused-ring (bicyclic) bond motifs is 2. The van der Waals surface area contributed by atoms with Gasteiger partial charge >= 0.3 is 12.0 Å². The normalized spacial score (nSPS) is 22.6. The van der Waals surface area contributed by atoms with E-state index in [4.69, 9.17) is 4.74 Å². The molecule has 0 aliphatic carbocycles. The molecule has 0 bridgehead atoms. The van der Waals surface area contributed by atoms with Crippen LogP contribution in [0.25, 0.3) is 0 Å². The lowest BCUT2D eigenvalue weighted by Gasteiger charge is -2.44. The molecule has 46 heavy (non-hydrogen) atoms. The number of carboxylic acid groups (broad SMARTS) is 1. The molecule has 4 aliphatic rings. The third-order valence-electron chi connectivity index (χ3n) is 9.37. The molecule has 0 unspecified atom stereocenters. The smallest absolute Gasteiger partial charge is 0.326 e. The summed E-state index contributed by atoms with van der Waals surface area (Å²) in [6.45, 7) is 1.37. The summed E-state index contributed by atoms with van der Waals surface area (Å²) in [6.07, 6.45) is 4.10. The van der Waals surface area contributed by atoms with Crippen LogP contribution >= 0.6 is 11.3 Å². The molecule has 12 nitrogen and oxygen atoms in total. The van der Waals surface area contributed by atoms with Gasteiger partial charge in [0.05, 0.1) is 42.0 Å². The SMILES string of the molecule is O=C(O)[C@H]1CCCCN1C(=O)N1CCc2cccc(O[C@H]3CCN(C(=O)c4cncs4)C3)c2[C@H]1CN1C(=O)c2ccccc2C1=O. The number of rotatable bonds is 6. The maximum Gasteiger partial charge on any atom is 0.326 e. The maximum absolute atomic E-state index is 14.2. The molecule has 4 aliphatic heterocycles. The van der Waals surface area contributed by atoms with E-state index < -0.39 is 35.9 Å². The number of aliphatic carboxylic acids is 1. The van der Waals surface area contributed by atoms with Crippen LogP contribution in [0.4, 0.5) is 4.79 Å². The Morgan fingerprint density at radius 2 is 1.72 bits per heavy atom. The summed E-state index contributed by atoms with van der Waals surface area (Å²) in [5, 5.41) is 9.94. The summed E-state index contributed by atoms with van der Waals surface area (Å²) < 4.78 is 6.57. The maximum atomic E-state index is 14.2. The molecule has 0 spiro atoms. The second kappa shape index (κ2) is 12.2. The Morgan fingerprint density at radius 3 is 2.43 bits per heavy atom. The predicted octanol–water partition coefficient (Wildman–Crippen LogP) is 3.69. The van der Waals surface area contributed by atoms with Crippen molar-refractivity contribution in [2.75, 3.05) is 32.7 Å². The van der Waals surface area contributed by atoms with Crippen molar-refractivity contribution in [2.45, 2.75) is 50.3 Å². The molecule has 238 valence electrons. The number of amides is 5. The third kappa shape index (κ3) is 5.27. The highest BCUT2D eigenvalue weighted by atomic mass is 32.1. The molecule has 5 amide bonds. The second-order valence-corrected chi connectivity index (χ2v) is 12.9. The highest BCUT2D eigenvalue weighted by Crippen LogP contribution is 2.40. The monoisotopic (exact) mass is 643 g/mol. The molecule has 2 fully saturated rings. The van der Waals surface area contributed by atoms with Crippen LogP contribution in [0.5, 0.6) is 5.75 Å². The number of piperidine rings is 1. The van der Waals surface area contributed by atoms with Crippen LogP contribution in [0, 0.1) is 0 Å². The van der Waals surface area contributed by atoms with E-state index in [1.807, 2.05) is 18.2 Å². The van der Waals surface area contributed by atoms with E-state index in [1.54, 1.807) is 45.8 Å². The summed E-state index contributed by atoms with van der Waals surface area (Å²) in [5.74, 6) is -1.51. The van der Waals surface area contributed by atoms with Gasteiger partial charge in [-0.25, -0.2) is 9.59 Å². The van der Waals surface area contributed by atoms with Gasteiger partial charge in [-0.2, -0.15) is 0 Å². The summed E-state index contributed by atoms with van der Waals surface area (Å²) in [7, 11) is 0. The number of ether oxygens (including phenoxy) is 1. The third-order valence-corrected chi connectivity index (χ3v) is 10.1. The number of hydrogen-bond acceptors (Lipinski definition) is 8. The largest absolute Gasteiger partial charge is 0.488 e.